The molecule has 0 aromatic rings. The third-order valence-electron chi connectivity index (χ3n) is 1.56. The summed E-state index contributed by atoms with van der Waals surface area (Å²) in [6.07, 6.45) is -2.37. The summed E-state index contributed by atoms with van der Waals surface area (Å²) in [5.74, 6) is -1.39. The van der Waals surface area contributed by atoms with Crippen LogP contribution < -0.4 is 0 Å². The van der Waals surface area contributed by atoms with Gasteiger partial charge in [0.2, 0.25) is 0 Å². The first-order chi connectivity index (χ1) is 4.05. The van der Waals surface area contributed by atoms with E-state index in [0.717, 1.165) is 0 Å². The Hall–Kier alpha value is -0.470. The van der Waals surface area contributed by atoms with Gasteiger partial charge in [0.15, 0.2) is 0 Å². The number of rotatable bonds is 1. The second-order valence-corrected chi connectivity index (χ2v) is 2.28. The molecule has 2 atom stereocenters. The first-order valence-corrected chi connectivity index (χ1v) is 2.75. The molecule has 1 saturated carbocycles. The van der Waals surface area contributed by atoms with Gasteiger partial charge >= 0.3 is 6.18 Å². The van der Waals surface area contributed by atoms with Crippen LogP contribution in [0.15, 0.2) is 12.7 Å². The quantitative estimate of drug-likeness (QED) is 0.485. The van der Waals surface area contributed by atoms with Crippen molar-refractivity contribution in [2.24, 2.45) is 11.8 Å². The number of allylic oxidation sites excluding steroid dienone is 1. The summed E-state index contributed by atoms with van der Waals surface area (Å²) in [5.41, 5.74) is 0. The fraction of sp³-hybridized carbons (Fsp3) is 0.667. The van der Waals surface area contributed by atoms with Crippen LogP contribution >= 0.6 is 0 Å². The van der Waals surface area contributed by atoms with Crippen molar-refractivity contribution < 1.29 is 13.2 Å². The summed E-state index contributed by atoms with van der Waals surface area (Å²) in [5, 5.41) is 0. The highest BCUT2D eigenvalue weighted by atomic mass is 19.4. The molecule has 0 aliphatic heterocycles. The highest BCUT2D eigenvalue weighted by Gasteiger charge is 2.54. The fourth-order valence-electron chi connectivity index (χ4n) is 0.852. The predicted molar refractivity (Wildman–Crippen MR) is 27.8 cm³/mol. The Bertz CT molecular complexity index is 125. The molecule has 3 heteroatoms. The van der Waals surface area contributed by atoms with Crippen molar-refractivity contribution in [3.8, 4) is 0 Å². The maximum Gasteiger partial charge on any atom is 0.392 e. The molecule has 0 saturated heterocycles. The van der Waals surface area contributed by atoms with Gasteiger partial charge in [-0.3, -0.25) is 0 Å². The Morgan fingerprint density at radius 1 is 1.44 bits per heavy atom. The molecule has 9 heavy (non-hydrogen) atoms. The van der Waals surface area contributed by atoms with Crippen molar-refractivity contribution in [3.05, 3.63) is 12.7 Å². The van der Waals surface area contributed by atoms with Crippen molar-refractivity contribution in [2.45, 2.75) is 12.6 Å². The molecule has 0 nitrogen and oxygen atoms in total. The van der Waals surface area contributed by atoms with Crippen molar-refractivity contribution >= 4 is 0 Å². The first kappa shape index (κ1) is 6.65. The lowest BCUT2D eigenvalue weighted by atomic mass is 10.3. The smallest absolute Gasteiger partial charge is 0.171 e. The lowest BCUT2D eigenvalue weighted by Crippen LogP contribution is -2.11. The van der Waals surface area contributed by atoms with Gasteiger partial charge in [-0.1, -0.05) is 6.08 Å². The Kier molecular flexibility index (Phi) is 1.30. The second-order valence-electron chi connectivity index (χ2n) is 2.28. The molecule has 0 unspecified atom stereocenters. The summed E-state index contributed by atoms with van der Waals surface area (Å²) < 4.78 is 34.9. The minimum absolute atomic E-state index is 0.243. The largest absolute Gasteiger partial charge is 0.392 e. The molecule has 0 aromatic carbocycles. The van der Waals surface area contributed by atoms with E-state index in [-0.39, 0.29) is 12.3 Å². The maximum atomic E-state index is 11.6. The van der Waals surface area contributed by atoms with E-state index in [1.807, 2.05) is 0 Å². The van der Waals surface area contributed by atoms with Crippen molar-refractivity contribution in [1.29, 1.82) is 0 Å². The van der Waals surface area contributed by atoms with Gasteiger partial charge < -0.3 is 0 Å². The van der Waals surface area contributed by atoms with Crippen LogP contribution in [-0.2, 0) is 0 Å². The summed E-state index contributed by atoms with van der Waals surface area (Å²) in [6, 6.07) is 0. The standard InChI is InChI=1S/C6H7F3/c1-2-4-3-5(4)6(7,8)9/h2,4-5H,1,3H2/t4-,5-/m1/s1. The predicted octanol–water partition coefficient (Wildman–Crippen LogP) is 2.37. The van der Waals surface area contributed by atoms with Gasteiger partial charge in [-0.25, -0.2) is 0 Å². The van der Waals surface area contributed by atoms with Crippen LogP contribution in [0.5, 0.6) is 0 Å². The lowest BCUT2D eigenvalue weighted by Gasteiger charge is -2.01. The first-order valence-electron chi connectivity index (χ1n) is 2.75. The minimum Gasteiger partial charge on any atom is -0.171 e. The van der Waals surface area contributed by atoms with E-state index < -0.39 is 12.1 Å². The molecule has 1 aliphatic carbocycles. The zero-order valence-corrected chi connectivity index (χ0v) is 4.78. The van der Waals surface area contributed by atoms with Crippen LogP contribution in [0.3, 0.4) is 0 Å². The highest BCUT2D eigenvalue weighted by molar-refractivity contribution is 5.01. The van der Waals surface area contributed by atoms with E-state index in [2.05, 4.69) is 6.58 Å². The normalized spacial score (nSPS) is 34.1. The van der Waals surface area contributed by atoms with Crippen LogP contribution in [0.25, 0.3) is 0 Å². The van der Waals surface area contributed by atoms with Gasteiger partial charge in [-0.2, -0.15) is 13.2 Å². The SMILES string of the molecule is C=C[C@@H]1C[C@H]1C(F)(F)F. The third kappa shape index (κ3) is 1.26. The van der Waals surface area contributed by atoms with Gasteiger partial charge in [-0.15, -0.1) is 6.58 Å². The summed E-state index contributed by atoms with van der Waals surface area (Å²) in [4.78, 5) is 0. The second kappa shape index (κ2) is 1.75. The van der Waals surface area contributed by atoms with Crippen LogP contribution in [0.1, 0.15) is 6.42 Å². The van der Waals surface area contributed by atoms with Crippen molar-refractivity contribution in [1.82, 2.24) is 0 Å². The molecule has 0 amide bonds. The van der Waals surface area contributed by atoms with Crippen LogP contribution in [0.4, 0.5) is 13.2 Å². The van der Waals surface area contributed by atoms with Gasteiger partial charge in [-0.05, 0) is 12.3 Å². The van der Waals surface area contributed by atoms with Gasteiger partial charge in [0.05, 0.1) is 5.92 Å². The number of hydrogen-bond donors (Lipinski definition) is 0. The van der Waals surface area contributed by atoms with E-state index in [0.29, 0.717) is 0 Å². The molecule has 1 aliphatic rings. The van der Waals surface area contributed by atoms with Gasteiger partial charge in [0.25, 0.3) is 0 Å². The Labute approximate surface area is 51.4 Å². The number of halogens is 3. The summed E-state index contributed by atoms with van der Waals surface area (Å²) in [7, 11) is 0. The van der Waals surface area contributed by atoms with Crippen LogP contribution in [0, 0.1) is 11.8 Å². The molecule has 0 N–H and O–H groups in total. The fourth-order valence-corrected chi connectivity index (χ4v) is 0.852. The van der Waals surface area contributed by atoms with E-state index in [1.54, 1.807) is 0 Å². The average Bonchev–Trinajstić information content (AvgIpc) is 2.39. The van der Waals surface area contributed by atoms with Crippen LogP contribution in [0.2, 0.25) is 0 Å². The van der Waals surface area contributed by atoms with E-state index in [9.17, 15) is 13.2 Å². The monoisotopic (exact) mass is 136 g/mol. The Morgan fingerprint density at radius 3 is 2.11 bits per heavy atom. The highest BCUT2D eigenvalue weighted by Crippen LogP contribution is 2.50. The van der Waals surface area contributed by atoms with Gasteiger partial charge in [0, 0.05) is 0 Å². The van der Waals surface area contributed by atoms with Crippen LogP contribution in [-0.4, -0.2) is 6.18 Å². The van der Waals surface area contributed by atoms with E-state index in [4.69, 9.17) is 0 Å². The average molecular weight is 136 g/mol. The molecule has 0 radical (unpaired) electrons. The van der Waals surface area contributed by atoms with Crippen molar-refractivity contribution in [2.75, 3.05) is 0 Å². The zero-order valence-electron chi connectivity index (χ0n) is 4.78. The lowest BCUT2D eigenvalue weighted by molar-refractivity contribution is -0.149. The molecule has 0 bridgehead atoms. The molecular weight excluding hydrogens is 129 g/mol. The molecule has 0 spiro atoms. The molecule has 0 heterocycles. The molecule has 0 aromatic heterocycles. The molecule has 1 rings (SSSR count). The number of alkyl halides is 3. The molecule has 52 valence electrons. The molecule has 1 fully saturated rings. The van der Waals surface area contributed by atoms with E-state index in [1.165, 1.54) is 6.08 Å². The molecular formula is C6H7F3. The third-order valence-corrected chi connectivity index (χ3v) is 1.56. The topological polar surface area (TPSA) is 0 Å². The Balaban J connectivity index is 2.42. The van der Waals surface area contributed by atoms with Crippen molar-refractivity contribution in [3.63, 3.8) is 0 Å². The minimum atomic E-state index is -3.99. The zero-order chi connectivity index (χ0) is 7.07. The Morgan fingerprint density at radius 2 is 2.00 bits per heavy atom. The maximum absolute atomic E-state index is 11.6. The van der Waals surface area contributed by atoms with E-state index >= 15 is 0 Å². The number of hydrogen-bond acceptors (Lipinski definition) is 0. The summed E-state index contributed by atoms with van der Waals surface area (Å²) in [6.45, 7) is 3.29. The summed E-state index contributed by atoms with van der Waals surface area (Å²) >= 11 is 0. The van der Waals surface area contributed by atoms with Gasteiger partial charge in [0.1, 0.15) is 0 Å².